The van der Waals surface area contributed by atoms with E-state index in [2.05, 4.69) is 32.7 Å². The minimum atomic E-state index is -0.269. The van der Waals surface area contributed by atoms with Crippen molar-refractivity contribution in [3.8, 4) is 5.75 Å². The predicted molar refractivity (Wildman–Crippen MR) is 109 cm³/mol. The average molecular weight is 376 g/mol. The van der Waals surface area contributed by atoms with Crippen molar-refractivity contribution < 1.29 is 9.53 Å². The number of amides is 1. The first-order valence-electron chi connectivity index (χ1n) is 9.26. The molecule has 144 valence electrons. The number of hydrogen-bond acceptors (Lipinski definition) is 5. The molecule has 2 N–H and O–H groups in total. The summed E-state index contributed by atoms with van der Waals surface area (Å²) in [5.41, 5.74) is 2.50. The third-order valence-electron chi connectivity index (χ3n) is 4.31. The Balaban J connectivity index is 1.45. The number of aryl methyl sites for hydroxylation is 1. The Kier molecular flexibility index (Phi) is 6.95. The molecular formula is C22H24N4O2. The maximum Gasteiger partial charge on any atom is 0.271 e. The Labute approximate surface area is 165 Å². The minimum Gasteiger partial charge on any atom is -0.496 e. The quantitative estimate of drug-likeness (QED) is 0.559. The molecule has 1 aromatic heterocycles. The van der Waals surface area contributed by atoms with Crippen LogP contribution < -0.4 is 15.4 Å². The maximum absolute atomic E-state index is 12.3. The number of nitrogens with one attached hydrogen (secondary N) is 2. The summed E-state index contributed by atoms with van der Waals surface area (Å²) in [6, 6.07) is 17.9. The summed E-state index contributed by atoms with van der Waals surface area (Å²) in [4.78, 5) is 20.7. The van der Waals surface area contributed by atoms with Gasteiger partial charge < -0.3 is 15.4 Å². The van der Waals surface area contributed by atoms with Crippen LogP contribution in [0.15, 0.2) is 67.0 Å². The number of carbonyl (C=O) groups is 1. The van der Waals surface area contributed by atoms with Gasteiger partial charge in [0.25, 0.3) is 5.91 Å². The Morgan fingerprint density at radius 2 is 1.79 bits per heavy atom. The fourth-order valence-corrected chi connectivity index (χ4v) is 2.81. The van der Waals surface area contributed by atoms with Gasteiger partial charge in [0.05, 0.1) is 19.5 Å². The van der Waals surface area contributed by atoms with E-state index in [9.17, 15) is 4.79 Å². The zero-order valence-electron chi connectivity index (χ0n) is 15.9. The molecule has 3 rings (SSSR count). The molecule has 0 spiro atoms. The van der Waals surface area contributed by atoms with Crippen molar-refractivity contribution in [2.24, 2.45) is 0 Å². The van der Waals surface area contributed by atoms with E-state index in [1.807, 2.05) is 42.5 Å². The van der Waals surface area contributed by atoms with Gasteiger partial charge in [-0.25, -0.2) is 9.97 Å². The first-order valence-corrected chi connectivity index (χ1v) is 9.26. The van der Waals surface area contributed by atoms with E-state index < -0.39 is 0 Å². The van der Waals surface area contributed by atoms with Gasteiger partial charge in [0.2, 0.25) is 0 Å². The van der Waals surface area contributed by atoms with Gasteiger partial charge in [0.15, 0.2) is 0 Å². The topological polar surface area (TPSA) is 76.1 Å². The first-order chi connectivity index (χ1) is 13.8. The standard InChI is InChI=1S/C22H24N4O2/c1-28-20-12-6-5-11-18(20)14-26-22(27)19-15-25-21(16-24-19)23-13-7-10-17-8-3-2-4-9-17/h2-6,8-9,11-12,15-16H,7,10,13-14H2,1H3,(H,23,25)(H,26,27). The van der Waals surface area contributed by atoms with Crippen molar-refractivity contribution in [1.82, 2.24) is 15.3 Å². The maximum atomic E-state index is 12.3. The van der Waals surface area contributed by atoms with E-state index in [0.717, 1.165) is 30.7 Å². The van der Waals surface area contributed by atoms with E-state index >= 15 is 0 Å². The van der Waals surface area contributed by atoms with E-state index in [1.54, 1.807) is 13.3 Å². The van der Waals surface area contributed by atoms with Crippen LogP contribution in [0, 0.1) is 0 Å². The van der Waals surface area contributed by atoms with Crippen LogP contribution in [0.5, 0.6) is 5.75 Å². The number of para-hydroxylation sites is 1. The smallest absolute Gasteiger partial charge is 0.271 e. The van der Waals surface area contributed by atoms with Crippen LogP contribution in [-0.4, -0.2) is 29.5 Å². The number of carbonyl (C=O) groups excluding carboxylic acids is 1. The largest absolute Gasteiger partial charge is 0.496 e. The molecule has 6 nitrogen and oxygen atoms in total. The van der Waals surface area contributed by atoms with Crippen molar-refractivity contribution in [1.29, 1.82) is 0 Å². The summed E-state index contributed by atoms with van der Waals surface area (Å²) in [5, 5.41) is 6.07. The summed E-state index contributed by atoms with van der Waals surface area (Å²) < 4.78 is 5.29. The zero-order valence-corrected chi connectivity index (χ0v) is 15.9. The molecule has 0 saturated carbocycles. The molecule has 2 aromatic carbocycles. The van der Waals surface area contributed by atoms with Crippen LogP contribution in [0.1, 0.15) is 28.0 Å². The van der Waals surface area contributed by atoms with Crippen molar-refractivity contribution >= 4 is 11.7 Å². The second kappa shape index (κ2) is 10.1. The van der Waals surface area contributed by atoms with Gasteiger partial charge in [0.1, 0.15) is 17.3 Å². The van der Waals surface area contributed by atoms with E-state index in [-0.39, 0.29) is 11.6 Å². The van der Waals surface area contributed by atoms with Crippen LogP contribution in [0.25, 0.3) is 0 Å². The molecule has 1 heterocycles. The summed E-state index contributed by atoms with van der Waals surface area (Å²) >= 11 is 0. The average Bonchev–Trinajstić information content (AvgIpc) is 2.76. The van der Waals surface area contributed by atoms with Gasteiger partial charge in [-0.2, -0.15) is 0 Å². The predicted octanol–water partition coefficient (Wildman–Crippen LogP) is 3.46. The number of ether oxygens (including phenoxy) is 1. The highest BCUT2D eigenvalue weighted by Gasteiger charge is 2.09. The number of aromatic nitrogens is 2. The molecule has 28 heavy (non-hydrogen) atoms. The summed E-state index contributed by atoms with van der Waals surface area (Å²) in [6.45, 7) is 1.16. The van der Waals surface area contributed by atoms with E-state index in [0.29, 0.717) is 12.4 Å². The highest BCUT2D eigenvalue weighted by atomic mass is 16.5. The zero-order chi connectivity index (χ0) is 19.6. The van der Waals surface area contributed by atoms with Gasteiger partial charge >= 0.3 is 0 Å². The molecule has 6 heteroatoms. The number of nitrogens with zero attached hydrogens (tertiary/aromatic N) is 2. The third-order valence-corrected chi connectivity index (χ3v) is 4.31. The molecule has 1 amide bonds. The highest BCUT2D eigenvalue weighted by Crippen LogP contribution is 2.16. The molecule has 0 fully saturated rings. The van der Waals surface area contributed by atoms with E-state index in [4.69, 9.17) is 4.74 Å². The number of methoxy groups -OCH3 is 1. The number of hydrogen-bond donors (Lipinski definition) is 2. The Hall–Kier alpha value is -3.41. The number of rotatable bonds is 9. The molecule has 0 unspecified atom stereocenters. The van der Waals surface area contributed by atoms with Gasteiger partial charge in [-0.05, 0) is 24.5 Å². The van der Waals surface area contributed by atoms with Crippen LogP contribution >= 0.6 is 0 Å². The van der Waals surface area contributed by atoms with Crippen molar-refractivity contribution in [3.05, 3.63) is 83.8 Å². The van der Waals surface area contributed by atoms with Crippen LogP contribution in [-0.2, 0) is 13.0 Å². The fraction of sp³-hybridized carbons (Fsp3) is 0.227. The molecule has 0 aliphatic carbocycles. The lowest BCUT2D eigenvalue weighted by atomic mass is 10.1. The normalized spacial score (nSPS) is 10.3. The Morgan fingerprint density at radius 3 is 2.54 bits per heavy atom. The highest BCUT2D eigenvalue weighted by molar-refractivity contribution is 5.92. The lowest BCUT2D eigenvalue weighted by Crippen LogP contribution is -2.24. The molecule has 3 aromatic rings. The SMILES string of the molecule is COc1ccccc1CNC(=O)c1cnc(NCCCc2ccccc2)cn1. The second-order valence-electron chi connectivity index (χ2n) is 6.30. The molecular weight excluding hydrogens is 352 g/mol. The lowest BCUT2D eigenvalue weighted by Gasteiger charge is -2.09. The number of anilines is 1. The van der Waals surface area contributed by atoms with Crippen molar-refractivity contribution in [2.75, 3.05) is 19.0 Å². The molecule has 0 saturated heterocycles. The molecule has 0 aliphatic heterocycles. The molecule has 0 atom stereocenters. The second-order valence-corrected chi connectivity index (χ2v) is 6.30. The van der Waals surface area contributed by atoms with Crippen molar-refractivity contribution in [3.63, 3.8) is 0 Å². The molecule has 0 bridgehead atoms. The Bertz CT molecular complexity index is 883. The number of benzene rings is 2. The summed E-state index contributed by atoms with van der Waals surface area (Å²) in [5.74, 6) is 1.13. The lowest BCUT2D eigenvalue weighted by molar-refractivity contribution is 0.0945. The third kappa shape index (κ3) is 5.54. The van der Waals surface area contributed by atoms with Gasteiger partial charge in [-0.15, -0.1) is 0 Å². The van der Waals surface area contributed by atoms with E-state index in [1.165, 1.54) is 11.8 Å². The molecule has 0 radical (unpaired) electrons. The summed E-state index contributed by atoms with van der Waals surface area (Å²) in [6.07, 6.45) is 5.06. The van der Waals surface area contributed by atoms with Crippen LogP contribution in [0.2, 0.25) is 0 Å². The molecule has 0 aliphatic rings. The first kappa shape index (κ1) is 19.4. The van der Waals surface area contributed by atoms with Crippen molar-refractivity contribution in [2.45, 2.75) is 19.4 Å². The summed E-state index contributed by atoms with van der Waals surface area (Å²) in [7, 11) is 1.61. The fourth-order valence-electron chi connectivity index (χ4n) is 2.81. The van der Waals surface area contributed by atoms with Gasteiger partial charge in [0, 0.05) is 18.7 Å². The van der Waals surface area contributed by atoms with Gasteiger partial charge in [-0.1, -0.05) is 48.5 Å². The van der Waals surface area contributed by atoms with Crippen LogP contribution in [0.3, 0.4) is 0 Å². The monoisotopic (exact) mass is 376 g/mol. The Morgan fingerprint density at radius 1 is 1.00 bits per heavy atom. The minimum absolute atomic E-state index is 0.269. The van der Waals surface area contributed by atoms with Crippen LogP contribution in [0.4, 0.5) is 5.82 Å². The van der Waals surface area contributed by atoms with Gasteiger partial charge in [-0.3, -0.25) is 4.79 Å².